The van der Waals surface area contributed by atoms with Gasteiger partial charge < -0.3 is 19.5 Å². The molecule has 0 aliphatic carbocycles. The van der Waals surface area contributed by atoms with Crippen molar-refractivity contribution >= 4 is 34.6 Å². The number of nitrogens with zero attached hydrogens (tertiary/aromatic N) is 4. The standard InChI is InChI=1S/C32H35F2N5O3/c1-5-38(6-2)31(41)24-11-10-23(16-20(24)3)35-32-36-29-9-7-8-25(30(29)42-32)22-17-27(33)26(28(34)18-22)19-37-12-14-39(15-13-37)21(4)40/h7-11,16-18H,5-6,12-15,19H2,1-4H3,(H,35,36). The van der Waals surface area contributed by atoms with Crippen LogP contribution < -0.4 is 5.32 Å². The van der Waals surface area contributed by atoms with E-state index in [2.05, 4.69) is 10.3 Å². The third kappa shape index (κ3) is 5.99. The van der Waals surface area contributed by atoms with Gasteiger partial charge >= 0.3 is 0 Å². The topological polar surface area (TPSA) is 81.9 Å². The van der Waals surface area contributed by atoms with Crippen LogP contribution in [0.15, 0.2) is 52.9 Å². The molecule has 1 aliphatic heterocycles. The predicted octanol–water partition coefficient (Wildman–Crippen LogP) is 5.97. The number of oxazole rings is 1. The van der Waals surface area contributed by atoms with Gasteiger partial charge in [0.05, 0.1) is 0 Å². The molecule has 4 aromatic rings. The maximum atomic E-state index is 15.3. The minimum atomic E-state index is -0.635. The van der Waals surface area contributed by atoms with Gasteiger partial charge in [-0.1, -0.05) is 12.1 Å². The number of hydrogen-bond donors (Lipinski definition) is 1. The summed E-state index contributed by atoms with van der Waals surface area (Å²) >= 11 is 0. The fraction of sp³-hybridized carbons (Fsp3) is 0.344. The van der Waals surface area contributed by atoms with Crippen LogP contribution in [0.25, 0.3) is 22.2 Å². The average Bonchev–Trinajstić information content (AvgIpc) is 3.38. The third-order valence-electron chi connectivity index (χ3n) is 7.83. The quantitative estimate of drug-likeness (QED) is 0.279. The van der Waals surface area contributed by atoms with Crippen molar-refractivity contribution in [2.75, 3.05) is 44.6 Å². The number of hydrogen-bond acceptors (Lipinski definition) is 6. The van der Waals surface area contributed by atoms with Crippen LogP contribution in [0.2, 0.25) is 0 Å². The highest BCUT2D eigenvalue weighted by atomic mass is 19.1. The highest BCUT2D eigenvalue weighted by Crippen LogP contribution is 2.34. The fourth-order valence-corrected chi connectivity index (χ4v) is 5.37. The molecule has 0 unspecified atom stereocenters. The summed E-state index contributed by atoms with van der Waals surface area (Å²) in [5, 5.41) is 3.14. The summed E-state index contributed by atoms with van der Waals surface area (Å²) in [5.74, 6) is -1.28. The molecule has 2 amide bonds. The van der Waals surface area contributed by atoms with Gasteiger partial charge in [-0.05, 0) is 68.3 Å². The molecular formula is C32H35F2N5O3. The van der Waals surface area contributed by atoms with Gasteiger partial charge in [0.15, 0.2) is 5.58 Å². The first kappa shape index (κ1) is 29.2. The Morgan fingerprint density at radius 3 is 2.31 bits per heavy atom. The summed E-state index contributed by atoms with van der Waals surface area (Å²) in [6.45, 7) is 10.9. The van der Waals surface area contributed by atoms with Crippen LogP contribution in [0, 0.1) is 18.6 Å². The Balaban J connectivity index is 1.36. The maximum absolute atomic E-state index is 15.3. The van der Waals surface area contributed by atoms with Crippen LogP contribution in [0.1, 0.15) is 42.3 Å². The molecule has 1 fully saturated rings. The molecule has 3 aromatic carbocycles. The zero-order valence-electron chi connectivity index (χ0n) is 24.3. The van der Waals surface area contributed by atoms with E-state index in [9.17, 15) is 9.59 Å². The van der Waals surface area contributed by atoms with Crippen molar-refractivity contribution in [1.29, 1.82) is 0 Å². The van der Waals surface area contributed by atoms with E-state index in [-0.39, 0.29) is 29.9 Å². The van der Waals surface area contributed by atoms with Crippen molar-refractivity contribution in [1.82, 2.24) is 19.7 Å². The van der Waals surface area contributed by atoms with Gasteiger partial charge in [0.1, 0.15) is 17.2 Å². The average molecular weight is 576 g/mol. The lowest BCUT2D eigenvalue weighted by Crippen LogP contribution is -2.47. The lowest BCUT2D eigenvalue weighted by atomic mass is 10.0. The van der Waals surface area contributed by atoms with Crippen LogP contribution in [-0.2, 0) is 11.3 Å². The van der Waals surface area contributed by atoms with Crippen LogP contribution in [-0.4, -0.2) is 70.8 Å². The number of para-hydroxylation sites is 1. The number of carbonyl (C=O) groups excluding carboxylic acids is 2. The van der Waals surface area contributed by atoms with Gasteiger partial charge in [-0.3, -0.25) is 14.5 Å². The number of anilines is 2. The smallest absolute Gasteiger partial charge is 0.300 e. The Kier molecular flexibility index (Phi) is 8.54. The number of benzene rings is 3. The molecule has 0 spiro atoms. The van der Waals surface area contributed by atoms with Crippen molar-refractivity contribution in [3.63, 3.8) is 0 Å². The monoisotopic (exact) mass is 575 g/mol. The molecule has 1 aromatic heterocycles. The van der Waals surface area contributed by atoms with E-state index < -0.39 is 11.6 Å². The summed E-state index contributed by atoms with van der Waals surface area (Å²) in [6.07, 6.45) is 0. The molecule has 0 radical (unpaired) electrons. The van der Waals surface area contributed by atoms with Crippen molar-refractivity contribution in [3.05, 3.63) is 76.9 Å². The second-order valence-electron chi connectivity index (χ2n) is 10.5. The minimum absolute atomic E-state index is 0.000387. The highest BCUT2D eigenvalue weighted by Gasteiger charge is 2.23. The first-order valence-corrected chi connectivity index (χ1v) is 14.2. The first-order chi connectivity index (χ1) is 20.2. The summed E-state index contributed by atoms with van der Waals surface area (Å²) in [6, 6.07) is 13.6. The minimum Gasteiger partial charge on any atom is -0.423 e. The number of nitrogens with one attached hydrogen (secondary N) is 1. The zero-order valence-corrected chi connectivity index (χ0v) is 24.3. The van der Waals surface area contributed by atoms with E-state index in [1.807, 2.05) is 31.7 Å². The summed E-state index contributed by atoms with van der Waals surface area (Å²) in [7, 11) is 0. The molecule has 220 valence electrons. The molecular weight excluding hydrogens is 540 g/mol. The van der Waals surface area contributed by atoms with Crippen molar-refractivity contribution in [3.8, 4) is 11.1 Å². The number of rotatable bonds is 8. The third-order valence-corrected chi connectivity index (χ3v) is 7.83. The number of carbonyl (C=O) groups is 2. The molecule has 0 saturated carbocycles. The van der Waals surface area contributed by atoms with E-state index in [0.717, 1.165) is 5.56 Å². The Hall–Kier alpha value is -4.31. The van der Waals surface area contributed by atoms with E-state index in [4.69, 9.17) is 4.42 Å². The second kappa shape index (κ2) is 12.3. The molecule has 2 heterocycles. The number of piperazine rings is 1. The predicted molar refractivity (Wildman–Crippen MR) is 159 cm³/mol. The molecule has 42 heavy (non-hydrogen) atoms. The molecule has 8 nitrogen and oxygen atoms in total. The Morgan fingerprint density at radius 2 is 1.69 bits per heavy atom. The summed E-state index contributed by atoms with van der Waals surface area (Å²) in [4.78, 5) is 34.3. The largest absolute Gasteiger partial charge is 0.423 e. The maximum Gasteiger partial charge on any atom is 0.300 e. The van der Waals surface area contributed by atoms with Gasteiger partial charge in [0.25, 0.3) is 11.9 Å². The molecule has 0 atom stereocenters. The molecule has 0 bridgehead atoms. The SMILES string of the molecule is CCN(CC)C(=O)c1ccc(Nc2nc3cccc(-c4cc(F)c(CN5CCN(C(C)=O)CC5)c(F)c4)c3o2)cc1C. The summed E-state index contributed by atoms with van der Waals surface area (Å²) in [5.41, 5.74) is 3.95. The van der Waals surface area contributed by atoms with E-state index >= 15 is 8.78 Å². The van der Waals surface area contributed by atoms with E-state index in [1.165, 1.54) is 19.1 Å². The summed E-state index contributed by atoms with van der Waals surface area (Å²) < 4.78 is 36.5. The number of aryl methyl sites for hydroxylation is 1. The number of amides is 2. The first-order valence-electron chi connectivity index (χ1n) is 14.2. The Morgan fingerprint density at radius 1 is 1.00 bits per heavy atom. The van der Waals surface area contributed by atoms with Gasteiger partial charge in [0.2, 0.25) is 5.91 Å². The van der Waals surface area contributed by atoms with Crippen LogP contribution in [0.3, 0.4) is 0 Å². The molecule has 1 saturated heterocycles. The van der Waals surface area contributed by atoms with E-state index in [0.29, 0.717) is 72.7 Å². The highest BCUT2D eigenvalue weighted by molar-refractivity contribution is 5.96. The number of fused-ring (bicyclic) bond motifs is 1. The van der Waals surface area contributed by atoms with Gasteiger partial charge in [-0.15, -0.1) is 0 Å². The molecule has 1 aliphatic rings. The van der Waals surface area contributed by atoms with Crippen LogP contribution in [0.5, 0.6) is 0 Å². The van der Waals surface area contributed by atoms with Crippen molar-refractivity contribution in [2.24, 2.45) is 0 Å². The van der Waals surface area contributed by atoms with Crippen LogP contribution in [0.4, 0.5) is 20.5 Å². The zero-order chi connectivity index (χ0) is 30.0. The van der Waals surface area contributed by atoms with Gasteiger partial charge in [-0.2, -0.15) is 4.98 Å². The molecule has 1 N–H and O–H groups in total. The van der Waals surface area contributed by atoms with Gasteiger partial charge in [-0.25, -0.2) is 8.78 Å². The Bertz CT molecular complexity index is 1600. The molecule has 10 heteroatoms. The van der Waals surface area contributed by atoms with E-state index in [1.54, 1.807) is 40.1 Å². The van der Waals surface area contributed by atoms with Crippen molar-refractivity contribution in [2.45, 2.75) is 34.2 Å². The Labute approximate surface area is 243 Å². The van der Waals surface area contributed by atoms with Crippen LogP contribution >= 0.6 is 0 Å². The fourth-order valence-electron chi connectivity index (χ4n) is 5.37. The second-order valence-corrected chi connectivity index (χ2v) is 10.5. The van der Waals surface area contributed by atoms with Gasteiger partial charge in [0, 0.05) is 75.1 Å². The number of aromatic nitrogens is 1. The van der Waals surface area contributed by atoms with Crippen molar-refractivity contribution < 1.29 is 22.8 Å². The number of halogens is 2. The lowest BCUT2D eigenvalue weighted by molar-refractivity contribution is -0.130. The molecule has 5 rings (SSSR count). The normalized spacial score (nSPS) is 13.9. The lowest BCUT2D eigenvalue weighted by Gasteiger charge is -2.34.